The lowest BCUT2D eigenvalue weighted by Crippen LogP contribution is -2.71. The number of ether oxygens (including phenoxy) is 1. The first-order chi connectivity index (χ1) is 18.0. The van der Waals surface area contributed by atoms with Crippen LogP contribution >= 0.6 is 0 Å². The summed E-state index contributed by atoms with van der Waals surface area (Å²) >= 11 is 0. The highest BCUT2D eigenvalue weighted by atomic mass is 16.5. The summed E-state index contributed by atoms with van der Waals surface area (Å²) in [6, 6.07) is 19.3. The molecule has 11 nitrogen and oxygen atoms in total. The Kier molecular flexibility index (Phi) is 5.37. The van der Waals surface area contributed by atoms with E-state index >= 15 is 0 Å². The Morgan fingerprint density at radius 3 is 2.35 bits per heavy atom. The maximum atomic E-state index is 12.6. The molecule has 2 aromatic heterocycles. The fraction of sp³-hybridized carbons (Fsp3) is 0.154. The first kappa shape index (κ1) is 22.4. The van der Waals surface area contributed by atoms with Crippen LogP contribution in [0, 0.1) is 0 Å². The molecular weight excluding hydrogens is 476 g/mol. The summed E-state index contributed by atoms with van der Waals surface area (Å²) in [7, 11) is 0. The fourth-order valence-electron chi connectivity index (χ4n) is 4.61. The lowest BCUT2D eigenvalue weighted by molar-refractivity contribution is -0.137. The van der Waals surface area contributed by atoms with Crippen LogP contribution in [-0.4, -0.2) is 45.1 Å². The SMILES string of the molecule is O=C1NC(=O)C2(CCCN2c2ccc(Oc3ccc(-c4nc(-c5ccccc5)no4)cc3)nc2)C(=O)N1. The van der Waals surface area contributed by atoms with Crippen molar-refractivity contribution in [3.8, 4) is 34.5 Å². The van der Waals surface area contributed by atoms with Crippen molar-refractivity contribution in [1.82, 2.24) is 25.8 Å². The lowest BCUT2D eigenvalue weighted by Gasteiger charge is -2.38. The molecule has 2 aliphatic rings. The first-order valence-electron chi connectivity index (χ1n) is 11.6. The number of rotatable bonds is 5. The Morgan fingerprint density at radius 2 is 1.65 bits per heavy atom. The number of hydrogen-bond donors (Lipinski definition) is 2. The molecule has 11 heteroatoms. The number of nitrogens with zero attached hydrogens (tertiary/aromatic N) is 4. The minimum absolute atomic E-state index is 0.301. The van der Waals surface area contributed by atoms with Gasteiger partial charge in [-0.15, -0.1) is 0 Å². The number of urea groups is 1. The summed E-state index contributed by atoms with van der Waals surface area (Å²) in [5.41, 5.74) is 0.714. The number of nitrogens with one attached hydrogen (secondary N) is 2. The van der Waals surface area contributed by atoms with Crippen LogP contribution in [0.2, 0.25) is 0 Å². The van der Waals surface area contributed by atoms with Crippen molar-refractivity contribution in [2.24, 2.45) is 0 Å². The fourth-order valence-corrected chi connectivity index (χ4v) is 4.61. The van der Waals surface area contributed by atoms with Crippen LogP contribution in [0.3, 0.4) is 0 Å². The zero-order chi connectivity index (χ0) is 25.4. The van der Waals surface area contributed by atoms with E-state index in [2.05, 4.69) is 25.8 Å². The maximum Gasteiger partial charge on any atom is 0.328 e. The highest BCUT2D eigenvalue weighted by Gasteiger charge is 2.57. The third kappa shape index (κ3) is 3.96. The van der Waals surface area contributed by atoms with E-state index in [9.17, 15) is 14.4 Å². The van der Waals surface area contributed by atoms with Crippen molar-refractivity contribution in [2.75, 3.05) is 11.4 Å². The molecular formula is C26H20N6O5. The summed E-state index contributed by atoms with van der Waals surface area (Å²) < 4.78 is 11.3. The van der Waals surface area contributed by atoms with Crippen molar-refractivity contribution < 1.29 is 23.6 Å². The van der Waals surface area contributed by atoms with Gasteiger partial charge in [0.25, 0.3) is 17.7 Å². The monoisotopic (exact) mass is 496 g/mol. The van der Waals surface area contributed by atoms with Crippen LogP contribution in [0.25, 0.3) is 22.8 Å². The molecule has 0 radical (unpaired) electrons. The van der Waals surface area contributed by atoms with Gasteiger partial charge in [0, 0.05) is 23.7 Å². The van der Waals surface area contributed by atoms with Gasteiger partial charge in [0.1, 0.15) is 5.75 Å². The summed E-state index contributed by atoms with van der Waals surface area (Å²) in [4.78, 5) is 47.3. The highest BCUT2D eigenvalue weighted by Crippen LogP contribution is 2.36. The molecule has 2 N–H and O–H groups in total. The Labute approximate surface area is 210 Å². The predicted molar refractivity (Wildman–Crippen MR) is 130 cm³/mol. The van der Waals surface area contributed by atoms with Gasteiger partial charge in [0.05, 0.1) is 11.9 Å². The van der Waals surface area contributed by atoms with Crippen molar-refractivity contribution in [3.05, 3.63) is 72.9 Å². The van der Waals surface area contributed by atoms with Gasteiger partial charge in [0.2, 0.25) is 11.7 Å². The zero-order valence-corrected chi connectivity index (χ0v) is 19.4. The third-order valence-corrected chi connectivity index (χ3v) is 6.40. The second kappa shape index (κ2) is 8.86. The molecule has 2 fully saturated rings. The molecule has 2 saturated heterocycles. The van der Waals surface area contributed by atoms with Crippen LogP contribution in [0.5, 0.6) is 11.6 Å². The normalized spacial score (nSPS) is 16.5. The largest absolute Gasteiger partial charge is 0.439 e. The van der Waals surface area contributed by atoms with Gasteiger partial charge in [-0.3, -0.25) is 20.2 Å². The smallest absolute Gasteiger partial charge is 0.328 e. The molecule has 0 unspecified atom stereocenters. The molecule has 4 aromatic rings. The molecule has 2 aliphatic heterocycles. The molecule has 184 valence electrons. The molecule has 4 heterocycles. The van der Waals surface area contributed by atoms with Crippen molar-refractivity contribution in [3.63, 3.8) is 0 Å². The van der Waals surface area contributed by atoms with E-state index in [-0.39, 0.29) is 0 Å². The zero-order valence-electron chi connectivity index (χ0n) is 19.4. The molecule has 4 amide bonds. The van der Waals surface area contributed by atoms with E-state index in [1.165, 1.54) is 6.20 Å². The second-order valence-electron chi connectivity index (χ2n) is 8.62. The topological polar surface area (TPSA) is 140 Å². The average Bonchev–Trinajstić information content (AvgIpc) is 3.58. The Bertz CT molecular complexity index is 1460. The van der Waals surface area contributed by atoms with Crippen LogP contribution in [0.15, 0.2) is 77.4 Å². The van der Waals surface area contributed by atoms with Gasteiger partial charge in [-0.2, -0.15) is 4.98 Å². The number of barbiturate groups is 1. The van der Waals surface area contributed by atoms with E-state index in [0.29, 0.717) is 48.4 Å². The molecule has 2 aromatic carbocycles. The van der Waals surface area contributed by atoms with E-state index in [0.717, 1.165) is 11.1 Å². The molecule has 0 bridgehead atoms. The van der Waals surface area contributed by atoms with Gasteiger partial charge in [-0.05, 0) is 43.2 Å². The number of imide groups is 2. The molecule has 1 spiro atoms. The number of pyridine rings is 1. The van der Waals surface area contributed by atoms with E-state index in [1.54, 1.807) is 29.2 Å². The van der Waals surface area contributed by atoms with Crippen molar-refractivity contribution >= 4 is 23.5 Å². The van der Waals surface area contributed by atoms with Crippen LogP contribution < -0.4 is 20.3 Å². The van der Waals surface area contributed by atoms with Gasteiger partial charge in [0.15, 0.2) is 5.54 Å². The van der Waals surface area contributed by atoms with Crippen molar-refractivity contribution in [2.45, 2.75) is 18.4 Å². The standard InChI is InChI=1S/C26H20N6O5/c33-23-26(24(34)30-25(35)29-23)13-4-14-32(26)18-9-12-20(27-15-18)36-19-10-7-17(8-11-19)22-28-21(31-37-22)16-5-2-1-3-6-16/h1-3,5-12,15H,4,13-14H2,(H2,29,30,33,34,35). The van der Waals surface area contributed by atoms with Gasteiger partial charge in [-0.25, -0.2) is 9.78 Å². The Hall–Kier alpha value is -5.06. The summed E-state index contributed by atoms with van der Waals surface area (Å²) in [5.74, 6) is 0.530. The number of hydrogen-bond acceptors (Lipinski definition) is 9. The van der Waals surface area contributed by atoms with Crippen molar-refractivity contribution in [1.29, 1.82) is 0 Å². The number of carbonyl (C=O) groups excluding carboxylic acids is 3. The number of amides is 4. The number of benzene rings is 2. The quantitative estimate of drug-likeness (QED) is 0.398. The van der Waals surface area contributed by atoms with Crippen LogP contribution in [0.4, 0.5) is 10.5 Å². The Balaban J connectivity index is 1.16. The van der Waals surface area contributed by atoms with Gasteiger partial charge >= 0.3 is 6.03 Å². The van der Waals surface area contributed by atoms with Crippen LogP contribution in [-0.2, 0) is 9.59 Å². The summed E-state index contributed by atoms with van der Waals surface area (Å²) in [5, 5.41) is 8.44. The summed E-state index contributed by atoms with van der Waals surface area (Å²) in [6.45, 7) is 0.472. The molecule has 6 rings (SSSR count). The van der Waals surface area contributed by atoms with E-state index in [1.807, 2.05) is 42.5 Å². The minimum Gasteiger partial charge on any atom is -0.439 e. The molecule has 0 saturated carbocycles. The Morgan fingerprint density at radius 1 is 0.892 bits per heavy atom. The minimum atomic E-state index is -1.47. The van der Waals surface area contributed by atoms with Crippen LogP contribution in [0.1, 0.15) is 12.8 Å². The average molecular weight is 496 g/mol. The summed E-state index contributed by atoms with van der Waals surface area (Å²) in [6.07, 6.45) is 2.46. The second-order valence-corrected chi connectivity index (χ2v) is 8.62. The van der Waals surface area contributed by atoms with E-state index in [4.69, 9.17) is 9.26 Å². The molecule has 0 atom stereocenters. The predicted octanol–water partition coefficient (Wildman–Crippen LogP) is 3.30. The first-order valence-corrected chi connectivity index (χ1v) is 11.6. The number of anilines is 1. The third-order valence-electron chi connectivity index (χ3n) is 6.40. The van der Waals surface area contributed by atoms with Gasteiger partial charge in [-0.1, -0.05) is 35.5 Å². The maximum absolute atomic E-state index is 12.6. The van der Waals surface area contributed by atoms with E-state index < -0.39 is 23.4 Å². The highest BCUT2D eigenvalue weighted by molar-refractivity contribution is 6.24. The van der Waals surface area contributed by atoms with Gasteiger partial charge < -0.3 is 14.2 Å². The number of aromatic nitrogens is 3. The lowest BCUT2D eigenvalue weighted by atomic mass is 9.92. The number of carbonyl (C=O) groups is 3. The molecule has 37 heavy (non-hydrogen) atoms. The molecule has 0 aliphatic carbocycles.